The lowest BCUT2D eigenvalue weighted by molar-refractivity contribution is -0.141. The van der Waals surface area contributed by atoms with E-state index in [0.717, 1.165) is 18.5 Å². The maximum atomic E-state index is 12.2. The fraction of sp³-hybridized carbons (Fsp3) is 0.400. The van der Waals surface area contributed by atoms with Gasteiger partial charge >= 0.3 is 0 Å². The second-order valence-corrected chi connectivity index (χ2v) is 5.02. The molecule has 4 heteroatoms. The predicted octanol–water partition coefficient (Wildman–Crippen LogP) is 2.09. The molecule has 1 aromatic heterocycles. The first-order chi connectivity index (χ1) is 9.20. The highest BCUT2D eigenvalue weighted by Gasteiger charge is 2.26. The molecule has 0 saturated heterocycles. The van der Waals surface area contributed by atoms with Crippen molar-refractivity contribution >= 4 is 16.8 Å². The van der Waals surface area contributed by atoms with Gasteiger partial charge in [0.2, 0.25) is 0 Å². The first-order valence-corrected chi connectivity index (χ1v) is 6.60. The Morgan fingerprint density at radius 3 is 3.00 bits per heavy atom. The maximum Gasteiger partial charge on any atom is 0.251 e. The Labute approximate surface area is 112 Å². The summed E-state index contributed by atoms with van der Waals surface area (Å²) < 4.78 is 5.12. The summed E-state index contributed by atoms with van der Waals surface area (Å²) in [5.74, 6) is 0.0680. The molecular formula is C15H18N2O2. The van der Waals surface area contributed by atoms with Crippen LogP contribution in [0.1, 0.15) is 18.2 Å². The van der Waals surface area contributed by atoms with Crippen LogP contribution in [0, 0.1) is 0 Å². The molecule has 2 aromatic rings. The van der Waals surface area contributed by atoms with Crippen molar-refractivity contribution in [2.24, 2.45) is 0 Å². The van der Waals surface area contributed by atoms with Crippen molar-refractivity contribution in [2.45, 2.75) is 26.0 Å². The normalized spacial score (nSPS) is 16.4. The van der Waals surface area contributed by atoms with Gasteiger partial charge in [-0.25, -0.2) is 0 Å². The number of hydrogen-bond donors (Lipinski definition) is 1. The number of carbonyl (C=O) groups is 1. The van der Waals surface area contributed by atoms with E-state index in [0.29, 0.717) is 6.54 Å². The van der Waals surface area contributed by atoms with Crippen molar-refractivity contribution in [3.05, 3.63) is 35.5 Å². The first-order valence-electron chi connectivity index (χ1n) is 6.60. The summed E-state index contributed by atoms with van der Waals surface area (Å²) in [4.78, 5) is 17.5. The summed E-state index contributed by atoms with van der Waals surface area (Å²) in [5.41, 5.74) is 3.66. The molecule has 0 fully saturated rings. The molecule has 1 unspecified atom stereocenters. The third-order valence-corrected chi connectivity index (χ3v) is 3.90. The molecule has 2 heterocycles. The molecule has 19 heavy (non-hydrogen) atoms. The molecule has 1 atom stereocenters. The standard InChI is InChI=1S/C15H18N2O2/c1-10(19-2)15(18)17-8-7-14-12(9-17)11-5-3-4-6-13(11)16-14/h3-6,10,16H,7-9H2,1-2H3. The number of hydrogen-bond acceptors (Lipinski definition) is 2. The molecule has 1 aromatic carbocycles. The fourth-order valence-corrected chi connectivity index (χ4v) is 2.71. The zero-order valence-electron chi connectivity index (χ0n) is 11.3. The molecule has 1 aliphatic rings. The molecule has 1 amide bonds. The molecule has 1 N–H and O–H groups in total. The highest BCUT2D eigenvalue weighted by atomic mass is 16.5. The number of ether oxygens (including phenoxy) is 1. The Hall–Kier alpha value is -1.81. The summed E-state index contributed by atoms with van der Waals surface area (Å²) in [6.45, 7) is 3.23. The number of fused-ring (bicyclic) bond motifs is 3. The minimum atomic E-state index is -0.369. The summed E-state index contributed by atoms with van der Waals surface area (Å²) >= 11 is 0. The molecule has 1 aliphatic heterocycles. The van der Waals surface area contributed by atoms with Gasteiger partial charge in [-0.1, -0.05) is 18.2 Å². The van der Waals surface area contributed by atoms with Crippen LogP contribution in [0.5, 0.6) is 0 Å². The Bertz CT molecular complexity index is 618. The molecule has 100 valence electrons. The summed E-state index contributed by atoms with van der Waals surface area (Å²) in [6, 6.07) is 8.26. The third kappa shape index (κ3) is 2.02. The lowest BCUT2D eigenvalue weighted by Gasteiger charge is -2.29. The van der Waals surface area contributed by atoms with E-state index in [-0.39, 0.29) is 12.0 Å². The van der Waals surface area contributed by atoms with Gasteiger partial charge in [-0.05, 0) is 13.0 Å². The molecular weight excluding hydrogens is 240 g/mol. The van der Waals surface area contributed by atoms with Gasteiger partial charge in [-0.2, -0.15) is 0 Å². The summed E-state index contributed by atoms with van der Waals surface area (Å²) in [5, 5.41) is 1.22. The number of para-hydroxylation sites is 1. The van der Waals surface area contributed by atoms with Gasteiger partial charge in [0, 0.05) is 48.8 Å². The predicted molar refractivity (Wildman–Crippen MR) is 73.9 cm³/mol. The average molecular weight is 258 g/mol. The lowest BCUT2D eigenvalue weighted by Crippen LogP contribution is -2.41. The van der Waals surface area contributed by atoms with Crippen LogP contribution in [0.3, 0.4) is 0 Å². The minimum Gasteiger partial charge on any atom is -0.372 e. The van der Waals surface area contributed by atoms with E-state index in [1.54, 1.807) is 14.0 Å². The number of nitrogens with zero attached hydrogens (tertiary/aromatic N) is 1. The van der Waals surface area contributed by atoms with Crippen molar-refractivity contribution in [3.8, 4) is 0 Å². The topological polar surface area (TPSA) is 45.3 Å². The third-order valence-electron chi connectivity index (χ3n) is 3.90. The zero-order valence-corrected chi connectivity index (χ0v) is 11.3. The van der Waals surface area contributed by atoms with E-state index in [4.69, 9.17) is 4.74 Å². The Morgan fingerprint density at radius 1 is 1.42 bits per heavy atom. The second-order valence-electron chi connectivity index (χ2n) is 5.02. The number of nitrogens with one attached hydrogen (secondary N) is 1. The molecule has 0 aliphatic carbocycles. The Morgan fingerprint density at radius 2 is 2.21 bits per heavy atom. The second kappa shape index (κ2) is 4.70. The smallest absolute Gasteiger partial charge is 0.251 e. The van der Waals surface area contributed by atoms with Crippen molar-refractivity contribution < 1.29 is 9.53 Å². The largest absolute Gasteiger partial charge is 0.372 e. The van der Waals surface area contributed by atoms with Crippen molar-refractivity contribution in [1.29, 1.82) is 0 Å². The number of aromatic nitrogens is 1. The van der Waals surface area contributed by atoms with E-state index in [2.05, 4.69) is 17.1 Å². The Balaban J connectivity index is 1.93. The van der Waals surface area contributed by atoms with Crippen LogP contribution in [0.2, 0.25) is 0 Å². The maximum absolute atomic E-state index is 12.2. The van der Waals surface area contributed by atoms with Crippen molar-refractivity contribution in [3.63, 3.8) is 0 Å². The SMILES string of the molecule is COC(C)C(=O)N1CCc2[nH]c3ccccc3c2C1. The number of aromatic amines is 1. The average Bonchev–Trinajstić information content (AvgIpc) is 2.83. The van der Waals surface area contributed by atoms with Crippen molar-refractivity contribution in [2.75, 3.05) is 13.7 Å². The quantitative estimate of drug-likeness (QED) is 0.896. The van der Waals surface area contributed by atoms with Crippen LogP contribution in [-0.2, 0) is 22.5 Å². The van der Waals surface area contributed by atoms with Crippen LogP contribution in [0.15, 0.2) is 24.3 Å². The van der Waals surface area contributed by atoms with E-state index >= 15 is 0 Å². The highest BCUT2D eigenvalue weighted by molar-refractivity contribution is 5.86. The van der Waals surface area contributed by atoms with Crippen LogP contribution in [0.4, 0.5) is 0 Å². The van der Waals surface area contributed by atoms with Gasteiger partial charge in [-0.3, -0.25) is 4.79 Å². The zero-order chi connectivity index (χ0) is 13.4. The number of carbonyl (C=O) groups excluding carboxylic acids is 1. The summed E-state index contributed by atoms with van der Waals surface area (Å²) in [7, 11) is 1.57. The number of amides is 1. The monoisotopic (exact) mass is 258 g/mol. The van der Waals surface area contributed by atoms with Gasteiger partial charge in [0.25, 0.3) is 5.91 Å². The molecule has 4 nitrogen and oxygen atoms in total. The number of methoxy groups -OCH3 is 1. The van der Waals surface area contributed by atoms with Crippen LogP contribution in [0.25, 0.3) is 10.9 Å². The lowest BCUT2D eigenvalue weighted by atomic mass is 10.0. The first kappa shape index (κ1) is 12.2. The molecule has 0 spiro atoms. The van der Waals surface area contributed by atoms with Gasteiger partial charge in [0.15, 0.2) is 0 Å². The van der Waals surface area contributed by atoms with Gasteiger partial charge < -0.3 is 14.6 Å². The molecule has 3 rings (SSSR count). The van der Waals surface area contributed by atoms with Crippen LogP contribution in [-0.4, -0.2) is 35.5 Å². The van der Waals surface area contributed by atoms with Gasteiger partial charge in [0.05, 0.1) is 0 Å². The van der Waals surface area contributed by atoms with E-state index in [1.807, 2.05) is 17.0 Å². The van der Waals surface area contributed by atoms with Gasteiger partial charge in [0.1, 0.15) is 6.10 Å². The number of H-pyrrole nitrogens is 1. The minimum absolute atomic E-state index is 0.0680. The highest BCUT2D eigenvalue weighted by Crippen LogP contribution is 2.27. The molecule has 0 radical (unpaired) electrons. The molecule has 0 bridgehead atoms. The van der Waals surface area contributed by atoms with E-state index in [9.17, 15) is 4.79 Å². The fourth-order valence-electron chi connectivity index (χ4n) is 2.71. The van der Waals surface area contributed by atoms with Crippen LogP contribution < -0.4 is 0 Å². The van der Waals surface area contributed by atoms with Crippen LogP contribution >= 0.6 is 0 Å². The van der Waals surface area contributed by atoms with Crippen molar-refractivity contribution in [1.82, 2.24) is 9.88 Å². The van der Waals surface area contributed by atoms with Gasteiger partial charge in [-0.15, -0.1) is 0 Å². The molecule has 0 saturated carbocycles. The summed E-state index contributed by atoms with van der Waals surface area (Å²) in [6.07, 6.45) is 0.512. The van der Waals surface area contributed by atoms with E-state index < -0.39 is 0 Å². The number of rotatable bonds is 2. The Kier molecular flexibility index (Phi) is 3.03. The number of benzene rings is 1. The van der Waals surface area contributed by atoms with E-state index in [1.165, 1.54) is 16.6 Å².